The zero-order valence-electron chi connectivity index (χ0n) is 18.7. The van der Waals surface area contributed by atoms with Gasteiger partial charge in [0.1, 0.15) is 17.6 Å². The third kappa shape index (κ3) is 3.41. The highest BCUT2D eigenvalue weighted by atomic mass is 16.5. The van der Waals surface area contributed by atoms with Crippen LogP contribution in [0.2, 0.25) is 0 Å². The normalized spacial score (nSPS) is 24.7. The second-order valence-corrected chi connectivity index (χ2v) is 9.32. The quantitative estimate of drug-likeness (QED) is 0.771. The molecule has 1 aromatic rings. The number of fused-ring (bicyclic) bond motifs is 1. The average molecular weight is 417 g/mol. The lowest BCUT2D eigenvalue weighted by molar-refractivity contribution is 0.169. The zero-order chi connectivity index (χ0) is 23.0. The number of ether oxygens (including phenoxy) is 2. The van der Waals surface area contributed by atoms with Gasteiger partial charge in [-0.15, -0.1) is 0 Å². The van der Waals surface area contributed by atoms with E-state index in [1.807, 2.05) is 6.07 Å². The van der Waals surface area contributed by atoms with Crippen LogP contribution in [0.3, 0.4) is 0 Å². The molecule has 0 unspecified atom stereocenters. The van der Waals surface area contributed by atoms with Crippen molar-refractivity contribution < 1.29 is 9.47 Å². The van der Waals surface area contributed by atoms with Gasteiger partial charge in [0.2, 0.25) is 0 Å². The van der Waals surface area contributed by atoms with Gasteiger partial charge in [-0.05, 0) is 53.9 Å². The van der Waals surface area contributed by atoms with Crippen LogP contribution in [-0.2, 0) is 0 Å². The van der Waals surface area contributed by atoms with Crippen molar-refractivity contribution in [3.63, 3.8) is 0 Å². The molecule has 0 spiro atoms. The fourth-order valence-corrected chi connectivity index (χ4v) is 5.02. The summed E-state index contributed by atoms with van der Waals surface area (Å²) in [5.74, 6) is 0.671. The van der Waals surface area contributed by atoms with Gasteiger partial charge in [0.15, 0.2) is 5.41 Å². The van der Waals surface area contributed by atoms with Gasteiger partial charge < -0.3 is 15.2 Å². The number of nitrogens with two attached hydrogens (primary N) is 1. The SMILES string of the molecule is COc1ccc(OC)c([C@H]2[C@H]3C[C@@H](C(C)(C)C)CC=C3C(C#N)=C(N)C2(C#N)C#N)c1. The summed E-state index contributed by atoms with van der Waals surface area (Å²) in [7, 11) is 3.13. The van der Waals surface area contributed by atoms with Crippen molar-refractivity contribution in [1.82, 2.24) is 0 Å². The Bertz CT molecular complexity index is 1060. The largest absolute Gasteiger partial charge is 0.497 e. The van der Waals surface area contributed by atoms with Crippen molar-refractivity contribution in [2.75, 3.05) is 14.2 Å². The number of methoxy groups -OCH3 is 2. The van der Waals surface area contributed by atoms with Crippen LogP contribution in [0.5, 0.6) is 11.5 Å². The van der Waals surface area contributed by atoms with E-state index in [1.54, 1.807) is 26.4 Å². The maximum absolute atomic E-state index is 10.3. The molecule has 0 aliphatic heterocycles. The van der Waals surface area contributed by atoms with Gasteiger partial charge in [0, 0.05) is 11.5 Å². The van der Waals surface area contributed by atoms with Gasteiger partial charge in [0.25, 0.3) is 0 Å². The molecule has 0 radical (unpaired) electrons. The van der Waals surface area contributed by atoms with Crippen LogP contribution in [-0.4, -0.2) is 14.2 Å². The summed E-state index contributed by atoms with van der Waals surface area (Å²) in [6.45, 7) is 6.58. The first-order valence-electron chi connectivity index (χ1n) is 10.3. The molecule has 160 valence electrons. The number of benzene rings is 1. The second-order valence-electron chi connectivity index (χ2n) is 9.32. The monoisotopic (exact) mass is 416 g/mol. The number of nitriles is 3. The van der Waals surface area contributed by atoms with Gasteiger partial charge in [-0.2, -0.15) is 15.8 Å². The van der Waals surface area contributed by atoms with Crippen LogP contribution >= 0.6 is 0 Å². The predicted molar refractivity (Wildman–Crippen MR) is 117 cm³/mol. The molecule has 6 heteroatoms. The van der Waals surface area contributed by atoms with Crippen LogP contribution in [0.25, 0.3) is 0 Å². The molecule has 0 heterocycles. The Morgan fingerprint density at radius 2 is 1.77 bits per heavy atom. The third-order valence-corrected chi connectivity index (χ3v) is 6.87. The van der Waals surface area contributed by atoms with Crippen LogP contribution < -0.4 is 15.2 Å². The highest BCUT2D eigenvalue weighted by Crippen LogP contribution is 2.59. The van der Waals surface area contributed by atoms with Crippen LogP contribution in [0, 0.1) is 56.7 Å². The zero-order valence-corrected chi connectivity index (χ0v) is 18.7. The number of hydrogen-bond acceptors (Lipinski definition) is 6. The molecule has 2 N–H and O–H groups in total. The molecule has 0 saturated carbocycles. The molecule has 6 nitrogen and oxygen atoms in total. The van der Waals surface area contributed by atoms with E-state index in [9.17, 15) is 15.8 Å². The maximum Gasteiger partial charge on any atom is 0.191 e. The molecule has 0 saturated heterocycles. The Kier molecular flexibility index (Phi) is 5.75. The molecule has 31 heavy (non-hydrogen) atoms. The molecule has 2 aliphatic rings. The molecular weight excluding hydrogens is 388 g/mol. The summed E-state index contributed by atoms with van der Waals surface area (Å²) in [5.41, 5.74) is 6.56. The van der Waals surface area contributed by atoms with Gasteiger partial charge >= 0.3 is 0 Å². The molecular formula is C25H28N4O2. The molecule has 0 fully saturated rings. The van der Waals surface area contributed by atoms with Crippen molar-refractivity contribution in [2.45, 2.75) is 39.5 Å². The Hall–Kier alpha value is -3.43. The van der Waals surface area contributed by atoms with E-state index in [0.717, 1.165) is 18.4 Å². The third-order valence-electron chi connectivity index (χ3n) is 6.87. The average Bonchev–Trinajstić information content (AvgIpc) is 2.77. The summed E-state index contributed by atoms with van der Waals surface area (Å²) < 4.78 is 11.1. The first-order chi connectivity index (χ1) is 14.7. The minimum Gasteiger partial charge on any atom is -0.497 e. The molecule has 0 amide bonds. The first-order valence-corrected chi connectivity index (χ1v) is 10.3. The van der Waals surface area contributed by atoms with Crippen LogP contribution in [0.4, 0.5) is 0 Å². The van der Waals surface area contributed by atoms with E-state index in [-0.39, 0.29) is 22.6 Å². The minimum absolute atomic E-state index is 0.0200. The highest BCUT2D eigenvalue weighted by Gasteiger charge is 2.55. The van der Waals surface area contributed by atoms with E-state index in [2.05, 4.69) is 45.1 Å². The van der Waals surface area contributed by atoms with Crippen molar-refractivity contribution in [1.29, 1.82) is 15.8 Å². The van der Waals surface area contributed by atoms with Gasteiger partial charge in [-0.25, -0.2) is 0 Å². The van der Waals surface area contributed by atoms with Crippen LogP contribution in [0.15, 0.2) is 41.1 Å². The van der Waals surface area contributed by atoms with Gasteiger partial charge in [-0.3, -0.25) is 0 Å². The Morgan fingerprint density at radius 1 is 1.10 bits per heavy atom. The second kappa shape index (κ2) is 8.01. The lowest BCUT2D eigenvalue weighted by atomic mass is 9.54. The summed E-state index contributed by atoms with van der Waals surface area (Å²) in [4.78, 5) is 0. The number of allylic oxidation sites excluding steroid dienone is 4. The van der Waals surface area contributed by atoms with Crippen LogP contribution in [0.1, 0.15) is 45.1 Å². The molecule has 3 atom stereocenters. The van der Waals surface area contributed by atoms with Crippen molar-refractivity contribution >= 4 is 0 Å². The van der Waals surface area contributed by atoms with E-state index in [4.69, 9.17) is 15.2 Å². The van der Waals surface area contributed by atoms with E-state index in [1.165, 1.54) is 0 Å². The van der Waals surface area contributed by atoms with Gasteiger partial charge in [0.05, 0.1) is 37.6 Å². The molecule has 0 bridgehead atoms. The van der Waals surface area contributed by atoms with Gasteiger partial charge in [-0.1, -0.05) is 26.8 Å². The first kappa shape index (κ1) is 22.3. The number of hydrogen-bond donors (Lipinski definition) is 1. The smallest absolute Gasteiger partial charge is 0.191 e. The van der Waals surface area contributed by atoms with Crippen molar-refractivity contribution in [3.8, 4) is 29.7 Å². The fourth-order valence-electron chi connectivity index (χ4n) is 5.02. The highest BCUT2D eigenvalue weighted by molar-refractivity contribution is 5.61. The summed E-state index contributed by atoms with van der Waals surface area (Å²) >= 11 is 0. The summed E-state index contributed by atoms with van der Waals surface area (Å²) in [5, 5.41) is 30.4. The lowest BCUT2D eigenvalue weighted by Crippen LogP contribution is -2.44. The standard InChI is InChI=1S/C25H28N4O2/c1-24(2,3)15-6-8-17-18(10-15)22(19-11-16(30-4)7-9-21(19)31-5)25(13-27,14-28)23(29)20(17)12-26/h7-9,11,15,18,22H,6,10,29H2,1-5H3/t15-,18-,22+/m0/s1. The van der Waals surface area contributed by atoms with Crippen molar-refractivity contribution in [2.24, 2.45) is 28.4 Å². The van der Waals surface area contributed by atoms with E-state index < -0.39 is 11.3 Å². The summed E-state index contributed by atoms with van der Waals surface area (Å²) in [6.07, 6.45) is 3.64. The molecule has 3 rings (SSSR count). The number of nitrogens with zero attached hydrogens (tertiary/aromatic N) is 3. The maximum atomic E-state index is 10.3. The fraction of sp³-hybridized carbons (Fsp3) is 0.480. The lowest BCUT2D eigenvalue weighted by Gasteiger charge is -2.47. The predicted octanol–water partition coefficient (Wildman–Crippen LogP) is 4.57. The van der Waals surface area contributed by atoms with E-state index >= 15 is 0 Å². The summed E-state index contributed by atoms with van der Waals surface area (Å²) in [6, 6.07) is 11.9. The molecule has 0 aromatic heterocycles. The molecule has 2 aliphatic carbocycles. The number of rotatable bonds is 3. The van der Waals surface area contributed by atoms with E-state index in [0.29, 0.717) is 23.0 Å². The molecule has 1 aromatic carbocycles. The van der Waals surface area contributed by atoms with Crippen molar-refractivity contribution in [3.05, 3.63) is 46.7 Å². The Balaban J connectivity index is 2.37. The Morgan fingerprint density at radius 3 is 2.29 bits per heavy atom. The topological polar surface area (TPSA) is 116 Å². The minimum atomic E-state index is -1.69. The Labute approximate surface area is 184 Å².